The van der Waals surface area contributed by atoms with Gasteiger partial charge in [0, 0.05) is 12.0 Å². The van der Waals surface area contributed by atoms with Gasteiger partial charge in [-0.25, -0.2) is 0 Å². The molecule has 1 N–H and O–H groups in total. The van der Waals surface area contributed by atoms with E-state index in [0.717, 1.165) is 24.7 Å². The lowest BCUT2D eigenvalue weighted by atomic mass is 9.86. The Labute approximate surface area is 104 Å². The number of hydrogen-bond acceptors (Lipinski definition) is 2. The molecule has 0 amide bonds. The Kier molecular flexibility index (Phi) is 4.06. The van der Waals surface area contributed by atoms with E-state index in [4.69, 9.17) is 4.74 Å². The molecule has 1 aliphatic heterocycles. The van der Waals surface area contributed by atoms with Gasteiger partial charge in [0.25, 0.3) is 0 Å². The van der Waals surface area contributed by atoms with Crippen LogP contribution in [0.1, 0.15) is 25.8 Å². The van der Waals surface area contributed by atoms with Crippen LogP contribution in [0.3, 0.4) is 0 Å². The molecule has 0 spiro atoms. The Balaban J connectivity index is 2.05. The minimum Gasteiger partial charge on any atom is -0.493 e. The molecule has 94 valence electrons. The van der Waals surface area contributed by atoms with E-state index in [1.165, 1.54) is 12.0 Å². The van der Waals surface area contributed by atoms with Crippen molar-refractivity contribution >= 4 is 0 Å². The van der Waals surface area contributed by atoms with Crippen molar-refractivity contribution in [1.82, 2.24) is 5.32 Å². The third-order valence-electron chi connectivity index (χ3n) is 3.57. The highest BCUT2D eigenvalue weighted by atomic mass is 16.5. The predicted molar refractivity (Wildman–Crippen MR) is 71.4 cm³/mol. The van der Waals surface area contributed by atoms with Crippen LogP contribution in [0.25, 0.3) is 0 Å². The maximum absolute atomic E-state index is 5.86. The second-order valence-electron chi connectivity index (χ2n) is 5.41. The highest BCUT2D eigenvalue weighted by Gasteiger charge is 2.26. The van der Waals surface area contributed by atoms with Gasteiger partial charge in [0.05, 0.1) is 6.61 Å². The number of hydrogen-bond donors (Lipinski definition) is 1. The largest absolute Gasteiger partial charge is 0.493 e. The minimum absolute atomic E-state index is 0.559. The summed E-state index contributed by atoms with van der Waals surface area (Å²) < 4.78 is 5.86. The molecule has 0 saturated heterocycles. The highest BCUT2D eigenvalue weighted by Crippen LogP contribution is 2.29. The number of rotatable bonds is 4. The Morgan fingerprint density at radius 3 is 2.82 bits per heavy atom. The predicted octanol–water partition coefficient (Wildman–Crippen LogP) is 2.87. The third kappa shape index (κ3) is 3.01. The van der Waals surface area contributed by atoms with E-state index in [-0.39, 0.29) is 0 Å². The summed E-state index contributed by atoms with van der Waals surface area (Å²) in [5.74, 6) is 2.39. The molecule has 2 heteroatoms. The number of para-hydroxylation sites is 1. The van der Waals surface area contributed by atoms with Gasteiger partial charge in [-0.15, -0.1) is 0 Å². The fourth-order valence-electron chi connectivity index (χ4n) is 2.66. The van der Waals surface area contributed by atoms with Gasteiger partial charge >= 0.3 is 0 Å². The van der Waals surface area contributed by atoms with Gasteiger partial charge in [0.15, 0.2) is 0 Å². The first-order valence-corrected chi connectivity index (χ1v) is 6.58. The first-order chi connectivity index (χ1) is 8.20. The van der Waals surface area contributed by atoms with Crippen LogP contribution < -0.4 is 10.1 Å². The topological polar surface area (TPSA) is 21.3 Å². The molecule has 1 heterocycles. The monoisotopic (exact) mass is 233 g/mol. The van der Waals surface area contributed by atoms with E-state index >= 15 is 0 Å². The molecule has 0 aromatic heterocycles. The maximum Gasteiger partial charge on any atom is 0.122 e. The van der Waals surface area contributed by atoms with Gasteiger partial charge in [-0.1, -0.05) is 32.0 Å². The van der Waals surface area contributed by atoms with Crippen LogP contribution in [0.15, 0.2) is 24.3 Å². The number of nitrogens with one attached hydrogen (secondary N) is 1. The molecule has 1 aliphatic rings. The summed E-state index contributed by atoms with van der Waals surface area (Å²) in [4.78, 5) is 0. The smallest absolute Gasteiger partial charge is 0.122 e. The van der Waals surface area contributed by atoms with Crippen molar-refractivity contribution in [3.8, 4) is 5.75 Å². The molecule has 1 aromatic rings. The lowest BCUT2D eigenvalue weighted by Gasteiger charge is -2.32. The molecule has 1 aromatic carbocycles. The lowest BCUT2D eigenvalue weighted by molar-refractivity contribution is 0.176. The molecular weight excluding hydrogens is 210 g/mol. The van der Waals surface area contributed by atoms with Crippen LogP contribution in [0.5, 0.6) is 5.75 Å². The second kappa shape index (κ2) is 5.54. The van der Waals surface area contributed by atoms with E-state index in [1.807, 2.05) is 6.07 Å². The Bertz CT molecular complexity index is 362. The molecule has 0 radical (unpaired) electrons. The highest BCUT2D eigenvalue weighted by molar-refractivity contribution is 5.35. The first kappa shape index (κ1) is 12.4. The summed E-state index contributed by atoms with van der Waals surface area (Å²) in [5.41, 5.74) is 1.35. The third-order valence-corrected chi connectivity index (χ3v) is 3.57. The zero-order valence-corrected chi connectivity index (χ0v) is 11.1. The normalized spacial score (nSPS) is 20.8. The molecule has 2 rings (SSSR count). The van der Waals surface area contributed by atoms with Crippen LogP contribution in [-0.4, -0.2) is 19.7 Å². The van der Waals surface area contributed by atoms with E-state index in [0.29, 0.717) is 12.0 Å². The maximum atomic E-state index is 5.86. The fourth-order valence-corrected chi connectivity index (χ4v) is 2.66. The molecule has 2 atom stereocenters. The zero-order chi connectivity index (χ0) is 12.3. The molecule has 2 unspecified atom stereocenters. The van der Waals surface area contributed by atoms with Gasteiger partial charge in [-0.05, 0) is 37.4 Å². The molecule has 17 heavy (non-hydrogen) atoms. The van der Waals surface area contributed by atoms with Crippen molar-refractivity contribution in [2.75, 3.05) is 13.7 Å². The summed E-state index contributed by atoms with van der Waals surface area (Å²) in [6, 6.07) is 8.96. The van der Waals surface area contributed by atoms with Crippen molar-refractivity contribution in [2.24, 2.45) is 11.8 Å². The van der Waals surface area contributed by atoms with Crippen LogP contribution in [0.4, 0.5) is 0 Å². The van der Waals surface area contributed by atoms with E-state index in [1.54, 1.807) is 0 Å². The number of benzene rings is 1. The molecule has 2 nitrogen and oxygen atoms in total. The van der Waals surface area contributed by atoms with E-state index < -0.39 is 0 Å². The zero-order valence-electron chi connectivity index (χ0n) is 11.1. The summed E-state index contributed by atoms with van der Waals surface area (Å²) in [5, 5.41) is 3.45. The Morgan fingerprint density at radius 1 is 1.35 bits per heavy atom. The van der Waals surface area contributed by atoms with Crippen molar-refractivity contribution in [3.05, 3.63) is 29.8 Å². The van der Waals surface area contributed by atoms with Gasteiger partial charge in [-0.3, -0.25) is 0 Å². The molecule has 0 saturated carbocycles. The summed E-state index contributed by atoms with van der Waals surface area (Å²) in [6.45, 7) is 5.40. The van der Waals surface area contributed by atoms with Gasteiger partial charge < -0.3 is 10.1 Å². The van der Waals surface area contributed by atoms with Gasteiger partial charge in [0.1, 0.15) is 5.75 Å². The van der Waals surface area contributed by atoms with E-state index in [9.17, 15) is 0 Å². The minimum atomic E-state index is 0.559. The lowest BCUT2D eigenvalue weighted by Crippen LogP contribution is -2.40. The van der Waals surface area contributed by atoms with Gasteiger partial charge in [-0.2, -0.15) is 0 Å². The average molecular weight is 233 g/mol. The second-order valence-corrected chi connectivity index (χ2v) is 5.41. The molecule has 0 fully saturated rings. The average Bonchev–Trinajstić information content (AvgIpc) is 2.35. The van der Waals surface area contributed by atoms with E-state index in [2.05, 4.69) is 44.4 Å². The first-order valence-electron chi connectivity index (χ1n) is 6.58. The summed E-state index contributed by atoms with van der Waals surface area (Å²) in [7, 11) is 2.06. The quantitative estimate of drug-likeness (QED) is 0.863. The number of fused-ring (bicyclic) bond motifs is 1. The van der Waals surface area contributed by atoms with Crippen molar-refractivity contribution in [2.45, 2.75) is 32.7 Å². The van der Waals surface area contributed by atoms with Crippen LogP contribution in [0.2, 0.25) is 0 Å². The van der Waals surface area contributed by atoms with Crippen molar-refractivity contribution < 1.29 is 4.74 Å². The molecule has 0 aliphatic carbocycles. The molecular formula is C15H23NO. The number of ether oxygens (including phenoxy) is 1. The van der Waals surface area contributed by atoms with Crippen molar-refractivity contribution in [3.63, 3.8) is 0 Å². The van der Waals surface area contributed by atoms with Crippen molar-refractivity contribution in [1.29, 1.82) is 0 Å². The van der Waals surface area contributed by atoms with Crippen LogP contribution in [-0.2, 0) is 6.42 Å². The summed E-state index contributed by atoms with van der Waals surface area (Å²) in [6.07, 6.45) is 2.35. The van der Waals surface area contributed by atoms with Crippen LogP contribution >= 0.6 is 0 Å². The Hall–Kier alpha value is -1.02. The summed E-state index contributed by atoms with van der Waals surface area (Å²) >= 11 is 0. The Morgan fingerprint density at radius 2 is 2.12 bits per heavy atom. The fraction of sp³-hybridized carbons (Fsp3) is 0.600. The van der Waals surface area contributed by atoms with Crippen LogP contribution in [0, 0.1) is 11.8 Å². The standard InChI is InChI=1S/C15H23NO/c1-11(2)8-14(16-3)13-9-12-6-4-5-7-15(12)17-10-13/h4-7,11,13-14,16H,8-10H2,1-3H3. The SMILES string of the molecule is CNC(CC(C)C)C1COc2ccccc2C1. The van der Waals surface area contributed by atoms with Gasteiger partial charge in [0.2, 0.25) is 0 Å². The molecule has 0 bridgehead atoms.